The number of hydrogen-bond acceptors (Lipinski definition) is 4. The van der Waals surface area contributed by atoms with Crippen LogP contribution >= 0.6 is 15.9 Å². The van der Waals surface area contributed by atoms with E-state index in [9.17, 15) is 8.42 Å². The summed E-state index contributed by atoms with van der Waals surface area (Å²) in [5.74, 6) is 0. The van der Waals surface area contributed by atoms with Gasteiger partial charge in [-0.2, -0.15) is 0 Å². The Morgan fingerprint density at radius 2 is 2.11 bits per heavy atom. The summed E-state index contributed by atoms with van der Waals surface area (Å²) in [6.45, 7) is 3.46. The van der Waals surface area contributed by atoms with Gasteiger partial charge in [-0.3, -0.25) is 0 Å². The second-order valence-electron chi connectivity index (χ2n) is 4.26. The van der Waals surface area contributed by atoms with Gasteiger partial charge in [-0.15, -0.1) is 0 Å². The van der Waals surface area contributed by atoms with Crippen LogP contribution in [0.2, 0.25) is 0 Å². The van der Waals surface area contributed by atoms with E-state index in [2.05, 4.69) is 20.7 Å². The van der Waals surface area contributed by atoms with Crippen LogP contribution in [0.3, 0.4) is 0 Å². The first-order valence-electron chi connectivity index (χ1n) is 5.74. The molecule has 0 spiro atoms. The molecule has 0 aliphatic heterocycles. The van der Waals surface area contributed by atoms with Crippen molar-refractivity contribution in [3.8, 4) is 0 Å². The molecule has 108 valence electrons. The fourth-order valence-corrected chi connectivity index (χ4v) is 3.53. The number of hydrogen-bond donors (Lipinski definition) is 2. The van der Waals surface area contributed by atoms with E-state index in [0.29, 0.717) is 15.6 Å². The minimum Gasteiger partial charge on any atom is -0.392 e. The average molecular weight is 352 g/mol. The zero-order valence-corrected chi connectivity index (χ0v) is 13.5. The molecular weight excluding hydrogens is 334 g/mol. The van der Waals surface area contributed by atoms with E-state index in [0.717, 1.165) is 0 Å². The second kappa shape index (κ2) is 6.81. The average Bonchev–Trinajstić information content (AvgIpc) is 2.38. The third-order valence-electron chi connectivity index (χ3n) is 2.79. The highest BCUT2D eigenvalue weighted by Crippen LogP contribution is 2.25. The number of aliphatic hydroxyl groups excluding tert-OH is 1. The van der Waals surface area contributed by atoms with Gasteiger partial charge in [0.1, 0.15) is 0 Å². The molecule has 7 heteroatoms. The molecule has 2 N–H and O–H groups in total. The van der Waals surface area contributed by atoms with Crippen molar-refractivity contribution in [2.75, 3.05) is 13.7 Å². The summed E-state index contributed by atoms with van der Waals surface area (Å²) in [4.78, 5) is 0.161. The predicted molar refractivity (Wildman–Crippen MR) is 76.5 cm³/mol. The number of ether oxygens (including phenoxy) is 1. The number of rotatable bonds is 6. The minimum atomic E-state index is -3.62. The van der Waals surface area contributed by atoms with E-state index in [1.807, 2.05) is 0 Å². The zero-order chi connectivity index (χ0) is 14.6. The van der Waals surface area contributed by atoms with E-state index >= 15 is 0 Å². The molecule has 1 unspecified atom stereocenters. The van der Waals surface area contributed by atoms with Gasteiger partial charge in [-0.25, -0.2) is 13.1 Å². The lowest BCUT2D eigenvalue weighted by Crippen LogP contribution is -2.32. The van der Waals surface area contributed by atoms with Crippen LogP contribution in [0.15, 0.2) is 21.5 Å². The standard InChI is InChI=1S/C12H18BrNO4S/c1-8(18-3)6-14-19(16,17)12-5-10(7-15)4-11(13)9(12)2/h4-5,8,14-15H,6-7H2,1-3H3. The monoisotopic (exact) mass is 351 g/mol. The van der Waals surface area contributed by atoms with Crippen LogP contribution in [0.5, 0.6) is 0 Å². The van der Waals surface area contributed by atoms with E-state index < -0.39 is 10.0 Å². The minimum absolute atomic E-state index is 0.161. The van der Waals surface area contributed by atoms with Crippen LogP contribution in [-0.4, -0.2) is 33.3 Å². The molecule has 0 amide bonds. The van der Waals surface area contributed by atoms with Crippen molar-refractivity contribution in [2.45, 2.75) is 31.5 Å². The Labute approximate surface area is 122 Å². The molecule has 0 fully saturated rings. The molecule has 0 saturated carbocycles. The fraction of sp³-hybridized carbons (Fsp3) is 0.500. The van der Waals surface area contributed by atoms with Gasteiger partial charge in [0, 0.05) is 18.1 Å². The first kappa shape index (κ1) is 16.6. The molecule has 1 aromatic carbocycles. The lowest BCUT2D eigenvalue weighted by molar-refractivity contribution is 0.122. The predicted octanol–water partition coefficient (Wildman–Crippen LogP) is 1.56. The Bertz CT molecular complexity index is 545. The van der Waals surface area contributed by atoms with Crippen molar-refractivity contribution in [3.63, 3.8) is 0 Å². The van der Waals surface area contributed by atoms with Gasteiger partial charge in [0.25, 0.3) is 0 Å². The molecule has 0 bridgehead atoms. The molecule has 0 aliphatic rings. The van der Waals surface area contributed by atoms with Gasteiger partial charge >= 0.3 is 0 Å². The smallest absolute Gasteiger partial charge is 0.240 e. The SMILES string of the molecule is COC(C)CNS(=O)(=O)c1cc(CO)cc(Br)c1C. The van der Waals surface area contributed by atoms with Crippen LogP contribution in [0.1, 0.15) is 18.1 Å². The lowest BCUT2D eigenvalue weighted by atomic mass is 10.2. The number of aliphatic hydroxyl groups is 1. The summed E-state index contributed by atoms with van der Waals surface area (Å²) in [6.07, 6.45) is -0.209. The summed E-state index contributed by atoms with van der Waals surface area (Å²) in [7, 11) is -2.10. The molecule has 0 heterocycles. The second-order valence-corrected chi connectivity index (χ2v) is 6.85. The van der Waals surface area contributed by atoms with Crippen LogP contribution < -0.4 is 4.72 Å². The third-order valence-corrected chi connectivity index (χ3v) is 5.17. The van der Waals surface area contributed by atoms with Gasteiger partial charge in [-0.05, 0) is 37.1 Å². The van der Waals surface area contributed by atoms with Crippen molar-refractivity contribution >= 4 is 26.0 Å². The molecule has 0 saturated heterocycles. The maximum Gasteiger partial charge on any atom is 0.240 e. The normalized spacial score (nSPS) is 13.5. The van der Waals surface area contributed by atoms with E-state index in [-0.39, 0.29) is 24.2 Å². The zero-order valence-electron chi connectivity index (χ0n) is 11.1. The van der Waals surface area contributed by atoms with E-state index in [4.69, 9.17) is 9.84 Å². The molecule has 5 nitrogen and oxygen atoms in total. The highest BCUT2D eigenvalue weighted by molar-refractivity contribution is 9.10. The highest BCUT2D eigenvalue weighted by atomic mass is 79.9. The van der Waals surface area contributed by atoms with Gasteiger partial charge in [-0.1, -0.05) is 15.9 Å². The molecule has 0 aliphatic carbocycles. The first-order chi connectivity index (χ1) is 8.81. The molecule has 1 aromatic rings. The Hall–Kier alpha value is -0.470. The number of benzene rings is 1. The Morgan fingerprint density at radius 3 is 2.63 bits per heavy atom. The quantitative estimate of drug-likeness (QED) is 0.815. The van der Waals surface area contributed by atoms with E-state index in [1.165, 1.54) is 13.2 Å². The Morgan fingerprint density at radius 1 is 1.47 bits per heavy atom. The van der Waals surface area contributed by atoms with Gasteiger partial charge in [0.2, 0.25) is 10.0 Å². The summed E-state index contributed by atoms with van der Waals surface area (Å²) < 4.78 is 32.6. The summed E-state index contributed by atoms with van der Waals surface area (Å²) in [5.41, 5.74) is 1.15. The lowest BCUT2D eigenvalue weighted by Gasteiger charge is -2.14. The Kier molecular flexibility index (Phi) is 5.94. The molecule has 0 radical (unpaired) electrons. The number of nitrogens with one attached hydrogen (secondary N) is 1. The van der Waals surface area contributed by atoms with Gasteiger partial charge in [0.05, 0.1) is 17.6 Å². The van der Waals surface area contributed by atoms with Crippen molar-refractivity contribution in [3.05, 3.63) is 27.7 Å². The van der Waals surface area contributed by atoms with Crippen molar-refractivity contribution < 1.29 is 18.3 Å². The molecular formula is C12H18BrNO4S. The van der Waals surface area contributed by atoms with Crippen LogP contribution in [0.4, 0.5) is 0 Å². The number of sulfonamides is 1. The maximum atomic E-state index is 12.2. The van der Waals surface area contributed by atoms with E-state index in [1.54, 1.807) is 19.9 Å². The van der Waals surface area contributed by atoms with Crippen LogP contribution in [0.25, 0.3) is 0 Å². The molecule has 19 heavy (non-hydrogen) atoms. The van der Waals surface area contributed by atoms with Crippen molar-refractivity contribution in [2.24, 2.45) is 0 Å². The summed E-state index contributed by atoms with van der Waals surface area (Å²) >= 11 is 3.30. The molecule has 0 aromatic heterocycles. The topological polar surface area (TPSA) is 75.6 Å². The summed E-state index contributed by atoms with van der Waals surface area (Å²) in [5, 5.41) is 9.14. The first-order valence-corrected chi connectivity index (χ1v) is 8.01. The fourth-order valence-electron chi connectivity index (χ4n) is 1.47. The Balaban J connectivity index is 3.10. The maximum absolute atomic E-state index is 12.2. The molecule has 1 rings (SSSR count). The highest BCUT2D eigenvalue weighted by Gasteiger charge is 2.19. The van der Waals surface area contributed by atoms with Crippen LogP contribution in [-0.2, 0) is 21.4 Å². The van der Waals surface area contributed by atoms with Gasteiger partial charge in [0.15, 0.2) is 0 Å². The number of methoxy groups -OCH3 is 1. The third kappa shape index (κ3) is 4.25. The van der Waals surface area contributed by atoms with Crippen LogP contribution in [0, 0.1) is 6.92 Å². The van der Waals surface area contributed by atoms with Crippen molar-refractivity contribution in [1.82, 2.24) is 4.72 Å². The summed E-state index contributed by atoms with van der Waals surface area (Å²) in [6, 6.07) is 3.17. The number of halogens is 1. The largest absolute Gasteiger partial charge is 0.392 e. The van der Waals surface area contributed by atoms with Gasteiger partial charge < -0.3 is 9.84 Å². The molecule has 1 atom stereocenters. The van der Waals surface area contributed by atoms with Crippen molar-refractivity contribution in [1.29, 1.82) is 0 Å².